The summed E-state index contributed by atoms with van der Waals surface area (Å²) in [6.07, 6.45) is 0.802. The number of rotatable bonds is 7. The largest absolute Gasteiger partial charge is 0.399 e. The highest BCUT2D eigenvalue weighted by molar-refractivity contribution is 7.99. The topological polar surface area (TPSA) is 75.4 Å². The predicted octanol–water partition coefficient (Wildman–Crippen LogP) is 2.33. The van der Waals surface area contributed by atoms with Crippen LogP contribution in [-0.2, 0) is 0 Å². The van der Waals surface area contributed by atoms with Crippen LogP contribution in [0.25, 0.3) is 10.1 Å². The Morgan fingerprint density at radius 3 is 3.00 bits per heavy atom. The highest BCUT2D eigenvalue weighted by Crippen LogP contribution is 2.27. The van der Waals surface area contributed by atoms with E-state index >= 15 is 0 Å². The van der Waals surface area contributed by atoms with E-state index in [4.69, 9.17) is 10.8 Å². The van der Waals surface area contributed by atoms with E-state index in [9.17, 15) is 4.79 Å². The Hall–Kier alpha value is -1.24. The molecular formula is C14H18N2O2S2. The first-order valence-electron chi connectivity index (χ1n) is 6.46. The van der Waals surface area contributed by atoms with Crippen molar-refractivity contribution in [3.05, 3.63) is 29.1 Å². The number of thiophene rings is 1. The molecule has 108 valence electrons. The molecule has 0 bridgehead atoms. The molecule has 0 spiro atoms. The number of carbonyl (C=O) groups is 1. The number of benzene rings is 1. The number of nitrogens with two attached hydrogens (primary N) is 1. The number of anilines is 1. The third-order valence-corrected chi connectivity index (χ3v) is 4.93. The first-order chi connectivity index (χ1) is 9.70. The van der Waals surface area contributed by atoms with Gasteiger partial charge in [-0.25, -0.2) is 0 Å². The fourth-order valence-electron chi connectivity index (χ4n) is 1.77. The average molecular weight is 310 g/mol. The maximum absolute atomic E-state index is 12.0. The zero-order chi connectivity index (χ0) is 14.4. The maximum Gasteiger partial charge on any atom is 0.261 e. The number of aliphatic hydroxyl groups is 1. The summed E-state index contributed by atoms with van der Waals surface area (Å²) in [7, 11) is 0. The molecule has 1 aromatic heterocycles. The van der Waals surface area contributed by atoms with Crippen LogP contribution in [0, 0.1) is 0 Å². The molecule has 0 aliphatic carbocycles. The SMILES string of the molecule is Nc1ccc2sc(C(=O)NCCSCCCO)cc2c1. The minimum absolute atomic E-state index is 0.0347. The minimum Gasteiger partial charge on any atom is -0.399 e. The molecule has 0 fully saturated rings. The molecule has 2 rings (SSSR count). The molecule has 0 aliphatic rings. The van der Waals surface area contributed by atoms with E-state index in [0.717, 1.165) is 28.0 Å². The summed E-state index contributed by atoms with van der Waals surface area (Å²) in [4.78, 5) is 12.7. The molecule has 0 radical (unpaired) electrons. The Morgan fingerprint density at radius 2 is 2.20 bits per heavy atom. The van der Waals surface area contributed by atoms with Gasteiger partial charge in [-0.15, -0.1) is 11.3 Å². The summed E-state index contributed by atoms with van der Waals surface area (Å²) in [5.74, 6) is 1.76. The summed E-state index contributed by atoms with van der Waals surface area (Å²) >= 11 is 3.21. The Bertz CT molecular complexity index is 584. The van der Waals surface area contributed by atoms with Crippen molar-refractivity contribution in [2.75, 3.05) is 30.4 Å². The third kappa shape index (κ3) is 4.13. The molecule has 4 nitrogen and oxygen atoms in total. The number of fused-ring (bicyclic) bond motifs is 1. The summed E-state index contributed by atoms with van der Waals surface area (Å²) in [5.41, 5.74) is 6.44. The van der Waals surface area contributed by atoms with Gasteiger partial charge in [-0.1, -0.05) is 0 Å². The van der Waals surface area contributed by atoms with Crippen molar-refractivity contribution in [1.29, 1.82) is 0 Å². The van der Waals surface area contributed by atoms with Gasteiger partial charge in [0.25, 0.3) is 5.91 Å². The molecule has 0 atom stereocenters. The van der Waals surface area contributed by atoms with Gasteiger partial charge in [0.15, 0.2) is 0 Å². The lowest BCUT2D eigenvalue weighted by atomic mass is 10.2. The number of nitrogens with one attached hydrogen (secondary N) is 1. The lowest BCUT2D eigenvalue weighted by Crippen LogP contribution is -2.24. The standard InChI is InChI=1S/C14H18N2O2S2/c15-11-2-3-12-10(8-11)9-13(20-12)14(18)16-4-7-19-6-1-5-17/h2-3,8-9,17H,1,4-7,15H2,(H,16,18). The Labute approximate surface area is 126 Å². The van der Waals surface area contributed by atoms with Crippen LogP contribution in [0.5, 0.6) is 0 Å². The van der Waals surface area contributed by atoms with E-state index in [-0.39, 0.29) is 12.5 Å². The number of hydrogen-bond donors (Lipinski definition) is 3. The summed E-state index contributed by atoms with van der Waals surface area (Å²) in [6.45, 7) is 0.871. The van der Waals surface area contributed by atoms with Crippen LogP contribution in [-0.4, -0.2) is 35.7 Å². The van der Waals surface area contributed by atoms with E-state index in [1.54, 1.807) is 11.8 Å². The fourth-order valence-corrected chi connectivity index (χ4v) is 3.51. The van der Waals surface area contributed by atoms with Gasteiger partial charge < -0.3 is 16.2 Å². The smallest absolute Gasteiger partial charge is 0.261 e. The highest BCUT2D eigenvalue weighted by Gasteiger charge is 2.09. The molecule has 20 heavy (non-hydrogen) atoms. The molecule has 1 amide bonds. The molecule has 0 aliphatic heterocycles. The Kier molecular flexibility index (Phi) is 5.70. The zero-order valence-electron chi connectivity index (χ0n) is 11.1. The summed E-state index contributed by atoms with van der Waals surface area (Å²) < 4.78 is 1.07. The second-order valence-corrected chi connectivity index (χ2v) is 6.66. The molecule has 2 aromatic rings. The zero-order valence-corrected chi connectivity index (χ0v) is 12.7. The normalized spacial score (nSPS) is 10.8. The Morgan fingerprint density at radius 1 is 1.35 bits per heavy atom. The molecular weight excluding hydrogens is 292 g/mol. The molecule has 0 saturated heterocycles. The first-order valence-corrected chi connectivity index (χ1v) is 8.43. The van der Waals surface area contributed by atoms with Crippen molar-refractivity contribution >= 4 is 44.8 Å². The number of hydrogen-bond acceptors (Lipinski definition) is 5. The van der Waals surface area contributed by atoms with Crippen LogP contribution in [0.2, 0.25) is 0 Å². The van der Waals surface area contributed by atoms with Crippen molar-refractivity contribution in [1.82, 2.24) is 5.32 Å². The minimum atomic E-state index is -0.0347. The number of thioether (sulfide) groups is 1. The number of nitrogen functional groups attached to an aromatic ring is 1. The van der Waals surface area contributed by atoms with Crippen LogP contribution < -0.4 is 11.1 Å². The molecule has 4 N–H and O–H groups in total. The van der Waals surface area contributed by atoms with Gasteiger partial charge in [-0.3, -0.25) is 4.79 Å². The molecule has 0 unspecified atom stereocenters. The average Bonchev–Trinajstić information content (AvgIpc) is 2.85. The van der Waals surface area contributed by atoms with Crippen molar-refractivity contribution in [3.8, 4) is 0 Å². The fraction of sp³-hybridized carbons (Fsp3) is 0.357. The molecule has 6 heteroatoms. The predicted molar refractivity (Wildman–Crippen MR) is 87.6 cm³/mol. The van der Waals surface area contributed by atoms with Gasteiger partial charge in [0.05, 0.1) is 4.88 Å². The highest BCUT2D eigenvalue weighted by atomic mass is 32.2. The van der Waals surface area contributed by atoms with E-state index in [1.807, 2.05) is 24.3 Å². The summed E-state index contributed by atoms with van der Waals surface area (Å²) in [5, 5.41) is 12.6. The van der Waals surface area contributed by atoms with Gasteiger partial charge in [0, 0.05) is 29.3 Å². The number of amides is 1. The lowest BCUT2D eigenvalue weighted by Gasteiger charge is -2.02. The van der Waals surface area contributed by atoms with Gasteiger partial charge >= 0.3 is 0 Å². The van der Waals surface area contributed by atoms with Crippen LogP contribution in [0.3, 0.4) is 0 Å². The van der Waals surface area contributed by atoms with Crippen LogP contribution in [0.15, 0.2) is 24.3 Å². The number of aliphatic hydroxyl groups excluding tert-OH is 1. The van der Waals surface area contributed by atoms with Gasteiger partial charge in [-0.2, -0.15) is 11.8 Å². The van der Waals surface area contributed by atoms with Crippen molar-refractivity contribution in [3.63, 3.8) is 0 Å². The van der Waals surface area contributed by atoms with E-state index in [1.165, 1.54) is 11.3 Å². The second kappa shape index (κ2) is 7.52. The lowest BCUT2D eigenvalue weighted by molar-refractivity contribution is 0.0960. The van der Waals surface area contributed by atoms with Crippen LogP contribution in [0.1, 0.15) is 16.1 Å². The maximum atomic E-state index is 12.0. The van der Waals surface area contributed by atoms with Gasteiger partial charge in [-0.05, 0) is 41.8 Å². The second-order valence-electron chi connectivity index (χ2n) is 4.35. The van der Waals surface area contributed by atoms with Crippen molar-refractivity contribution in [2.45, 2.75) is 6.42 Å². The van der Waals surface area contributed by atoms with Gasteiger partial charge in [0.2, 0.25) is 0 Å². The van der Waals surface area contributed by atoms with Crippen molar-refractivity contribution in [2.24, 2.45) is 0 Å². The molecule has 1 aromatic carbocycles. The van der Waals surface area contributed by atoms with E-state index < -0.39 is 0 Å². The first kappa shape index (κ1) is 15.2. The third-order valence-electron chi connectivity index (χ3n) is 2.74. The van der Waals surface area contributed by atoms with Crippen LogP contribution in [0.4, 0.5) is 5.69 Å². The number of carbonyl (C=O) groups excluding carboxylic acids is 1. The Balaban J connectivity index is 1.85. The van der Waals surface area contributed by atoms with E-state index in [0.29, 0.717) is 17.1 Å². The monoisotopic (exact) mass is 310 g/mol. The van der Waals surface area contributed by atoms with Crippen LogP contribution >= 0.6 is 23.1 Å². The quantitative estimate of drug-likeness (QED) is 0.542. The molecule has 0 saturated carbocycles. The summed E-state index contributed by atoms with van der Waals surface area (Å²) in [6, 6.07) is 7.55. The van der Waals surface area contributed by atoms with Crippen molar-refractivity contribution < 1.29 is 9.90 Å². The molecule has 1 heterocycles. The van der Waals surface area contributed by atoms with Gasteiger partial charge in [0.1, 0.15) is 0 Å². The van der Waals surface area contributed by atoms with E-state index in [2.05, 4.69) is 5.32 Å².